The van der Waals surface area contributed by atoms with Crippen LogP contribution in [0.2, 0.25) is 0 Å². The summed E-state index contributed by atoms with van der Waals surface area (Å²) in [6.45, 7) is 0. The highest BCUT2D eigenvalue weighted by molar-refractivity contribution is 7.71. The van der Waals surface area contributed by atoms with Crippen LogP contribution in [0.1, 0.15) is 5.76 Å². The van der Waals surface area contributed by atoms with Crippen LogP contribution in [0.5, 0.6) is 0 Å². The molecule has 0 atom stereocenters. The summed E-state index contributed by atoms with van der Waals surface area (Å²) >= 11 is 5.19. The highest BCUT2D eigenvalue weighted by Gasteiger charge is 2.06. The van der Waals surface area contributed by atoms with E-state index in [-0.39, 0.29) is 0 Å². The Labute approximate surface area is 126 Å². The number of hydrogen-bond donors (Lipinski definition) is 1. The summed E-state index contributed by atoms with van der Waals surface area (Å²) in [5.74, 6) is 1.43. The Bertz CT molecular complexity index is 813. The maximum absolute atomic E-state index is 5.19. The maximum Gasteiger partial charge on any atom is 0.216 e. The first kappa shape index (κ1) is 13.3. The van der Waals surface area contributed by atoms with Crippen molar-refractivity contribution in [2.24, 2.45) is 5.10 Å². The molecule has 21 heavy (non-hydrogen) atoms. The van der Waals surface area contributed by atoms with E-state index in [1.54, 1.807) is 23.2 Å². The van der Waals surface area contributed by atoms with Gasteiger partial charge in [0.15, 0.2) is 5.82 Å². The number of H-pyrrole nitrogens is 1. The molecule has 0 spiro atoms. The van der Waals surface area contributed by atoms with Crippen LogP contribution >= 0.6 is 12.2 Å². The summed E-state index contributed by atoms with van der Waals surface area (Å²) in [7, 11) is 0. The van der Waals surface area contributed by atoms with Gasteiger partial charge in [0, 0.05) is 11.8 Å². The molecule has 0 saturated heterocycles. The van der Waals surface area contributed by atoms with Crippen molar-refractivity contribution in [1.82, 2.24) is 14.9 Å². The van der Waals surface area contributed by atoms with Gasteiger partial charge < -0.3 is 4.42 Å². The zero-order valence-electron chi connectivity index (χ0n) is 11.0. The lowest BCUT2D eigenvalue weighted by Gasteiger charge is -1.99. The molecule has 0 radical (unpaired) electrons. The van der Waals surface area contributed by atoms with Crippen LogP contribution in [-0.4, -0.2) is 21.1 Å². The van der Waals surface area contributed by atoms with Gasteiger partial charge in [-0.05, 0) is 36.5 Å². The van der Waals surface area contributed by atoms with E-state index >= 15 is 0 Å². The van der Waals surface area contributed by atoms with Crippen molar-refractivity contribution >= 4 is 24.5 Å². The van der Waals surface area contributed by atoms with Crippen LogP contribution in [0.15, 0.2) is 64.3 Å². The molecule has 3 rings (SSSR count). The number of nitrogens with one attached hydrogen (secondary N) is 1. The Morgan fingerprint density at radius 1 is 1.19 bits per heavy atom. The van der Waals surface area contributed by atoms with Gasteiger partial charge in [0.25, 0.3) is 0 Å². The predicted molar refractivity (Wildman–Crippen MR) is 84.5 cm³/mol. The first-order chi connectivity index (χ1) is 10.3. The van der Waals surface area contributed by atoms with E-state index in [4.69, 9.17) is 16.6 Å². The molecule has 3 aromatic rings. The van der Waals surface area contributed by atoms with Crippen molar-refractivity contribution < 1.29 is 4.42 Å². The van der Waals surface area contributed by atoms with Crippen LogP contribution in [0.4, 0.5) is 0 Å². The minimum atomic E-state index is 0.441. The number of allylic oxidation sites excluding steroid dienone is 1. The van der Waals surface area contributed by atoms with Gasteiger partial charge in [-0.25, -0.2) is 5.10 Å². The number of nitrogens with zero attached hydrogens (tertiary/aromatic N) is 3. The first-order valence-corrected chi connectivity index (χ1v) is 6.73. The lowest BCUT2D eigenvalue weighted by molar-refractivity contribution is 0.557. The minimum Gasteiger partial charge on any atom is -0.465 e. The number of aromatic nitrogens is 3. The average Bonchev–Trinajstić information content (AvgIpc) is 3.15. The van der Waals surface area contributed by atoms with Gasteiger partial charge in [-0.15, -0.1) is 0 Å². The minimum absolute atomic E-state index is 0.441. The van der Waals surface area contributed by atoms with Crippen LogP contribution < -0.4 is 0 Å². The van der Waals surface area contributed by atoms with Crippen LogP contribution in [0.3, 0.4) is 0 Å². The van der Waals surface area contributed by atoms with Gasteiger partial charge in [-0.1, -0.05) is 30.3 Å². The summed E-state index contributed by atoms with van der Waals surface area (Å²) in [4.78, 5) is 0. The van der Waals surface area contributed by atoms with E-state index in [1.807, 2.05) is 48.5 Å². The van der Waals surface area contributed by atoms with Gasteiger partial charge in [0.1, 0.15) is 5.76 Å². The van der Waals surface area contributed by atoms with Crippen molar-refractivity contribution in [2.45, 2.75) is 0 Å². The molecular formula is C15H12N4OS. The van der Waals surface area contributed by atoms with Gasteiger partial charge in [0.05, 0.1) is 6.26 Å². The molecule has 1 N–H and O–H groups in total. The monoisotopic (exact) mass is 296 g/mol. The molecule has 0 aliphatic carbocycles. The van der Waals surface area contributed by atoms with Crippen molar-refractivity contribution in [3.63, 3.8) is 0 Å². The van der Waals surface area contributed by atoms with Gasteiger partial charge in [-0.2, -0.15) is 14.9 Å². The van der Waals surface area contributed by atoms with Crippen LogP contribution in [0, 0.1) is 4.77 Å². The Kier molecular flexibility index (Phi) is 3.88. The Hall–Kier alpha value is -2.73. The van der Waals surface area contributed by atoms with E-state index in [9.17, 15) is 0 Å². The predicted octanol–water partition coefficient (Wildman–Crippen LogP) is 3.75. The smallest absolute Gasteiger partial charge is 0.216 e. The second kappa shape index (κ2) is 6.15. The standard InChI is InChI=1S/C15H12N4OS/c21-15-18-17-14(12-6-2-1-3-7-12)19(15)16-10-4-8-13-9-5-11-20-13/h1-11H,(H,18,21)/b8-4+,16-10?. The molecule has 2 aromatic heterocycles. The molecule has 6 heteroatoms. The summed E-state index contributed by atoms with van der Waals surface area (Å²) in [6, 6.07) is 13.4. The van der Waals surface area contributed by atoms with E-state index in [1.165, 1.54) is 0 Å². The zero-order valence-corrected chi connectivity index (χ0v) is 11.8. The van der Waals surface area contributed by atoms with E-state index < -0.39 is 0 Å². The zero-order chi connectivity index (χ0) is 14.5. The molecule has 1 aromatic carbocycles. The molecular weight excluding hydrogens is 284 g/mol. The molecule has 0 amide bonds. The summed E-state index contributed by atoms with van der Waals surface area (Å²) in [5.41, 5.74) is 0.942. The molecule has 0 aliphatic heterocycles. The fraction of sp³-hybridized carbons (Fsp3) is 0. The number of aromatic amines is 1. The molecule has 0 saturated carbocycles. The third-order valence-electron chi connectivity index (χ3n) is 2.75. The largest absolute Gasteiger partial charge is 0.465 e. The maximum atomic E-state index is 5.19. The topological polar surface area (TPSA) is 59.1 Å². The van der Waals surface area contributed by atoms with Gasteiger partial charge in [0.2, 0.25) is 4.77 Å². The molecule has 0 bridgehead atoms. The Morgan fingerprint density at radius 3 is 2.81 bits per heavy atom. The summed E-state index contributed by atoms with van der Waals surface area (Å²) in [5, 5.41) is 11.3. The van der Waals surface area contributed by atoms with Crippen LogP contribution in [-0.2, 0) is 0 Å². The molecule has 0 aliphatic rings. The molecule has 2 heterocycles. The van der Waals surface area contributed by atoms with Gasteiger partial charge in [-0.3, -0.25) is 0 Å². The highest BCUT2D eigenvalue weighted by atomic mass is 32.1. The molecule has 0 fully saturated rings. The second-order valence-corrected chi connectivity index (χ2v) is 4.56. The van der Waals surface area contributed by atoms with E-state index in [0.717, 1.165) is 11.3 Å². The lowest BCUT2D eigenvalue weighted by atomic mass is 10.2. The number of furan rings is 1. The summed E-state index contributed by atoms with van der Waals surface area (Å²) in [6.07, 6.45) is 6.86. The normalized spacial score (nSPS) is 11.6. The Morgan fingerprint density at radius 2 is 2.05 bits per heavy atom. The second-order valence-electron chi connectivity index (χ2n) is 4.17. The number of hydrogen-bond acceptors (Lipinski definition) is 4. The average molecular weight is 296 g/mol. The Balaban J connectivity index is 1.86. The van der Waals surface area contributed by atoms with Crippen molar-refractivity contribution in [2.75, 3.05) is 0 Å². The number of rotatable bonds is 4. The highest BCUT2D eigenvalue weighted by Crippen LogP contribution is 2.16. The van der Waals surface area contributed by atoms with Crippen molar-refractivity contribution in [1.29, 1.82) is 0 Å². The SMILES string of the molecule is S=c1[nH]nc(-c2ccccc2)n1N=C/C=C/c1ccco1. The van der Waals surface area contributed by atoms with E-state index in [0.29, 0.717) is 10.6 Å². The third-order valence-corrected chi connectivity index (χ3v) is 3.02. The molecule has 0 unspecified atom stereocenters. The van der Waals surface area contributed by atoms with E-state index in [2.05, 4.69) is 15.3 Å². The van der Waals surface area contributed by atoms with Crippen LogP contribution in [0.25, 0.3) is 17.5 Å². The molecule has 104 valence electrons. The third kappa shape index (κ3) is 3.06. The first-order valence-electron chi connectivity index (χ1n) is 6.32. The quantitative estimate of drug-likeness (QED) is 0.589. The van der Waals surface area contributed by atoms with Gasteiger partial charge >= 0.3 is 0 Å². The number of benzene rings is 1. The fourth-order valence-electron chi connectivity index (χ4n) is 1.80. The van der Waals surface area contributed by atoms with Crippen molar-refractivity contribution in [3.8, 4) is 11.4 Å². The fourth-order valence-corrected chi connectivity index (χ4v) is 1.98. The van der Waals surface area contributed by atoms with Crippen molar-refractivity contribution in [3.05, 3.63) is 65.3 Å². The lowest BCUT2D eigenvalue weighted by Crippen LogP contribution is -1.93. The summed E-state index contributed by atoms with van der Waals surface area (Å²) < 4.78 is 7.21. The molecule has 5 nitrogen and oxygen atoms in total.